The molecule has 3 rings (SSSR count). The molecule has 0 radical (unpaired) electrons. The Kier molecular flexibility index (Phi) is 7.68. The van der Waals surface area contributed by atoms with Crippen LogP contribution in [0.4, 0.5) is 0 Å². The predicted octanol–water partition coefficient (Wildman–Crippen LogP) is 5.68. The molecule has 0 spiro atoms. The normalized spacial score (nSPS) is 12.7. The summed E-state index contributed by atoms with van der Waals surface area (Å²) in [5, 5.41) is 0. The number of hydrogen-bond donors (Lipinski definition) is 1. The Bertz CT molecular complexity index is 1050. The molecule has 5 nitrogen and oxygen atoms in total. The van der Waals surface area contributed by atoms with Gasteiger partial charge in [0.15, 0.2) is 0 Å². The minimum Gasteiger partial charge on any atom is -0.497 e. The molecule has 1 unspecified atom stereocenters. The Morgan fingerprint density at radius 3 is 2.42 bits per heavy atom. The average molecular weight is 418 g/mol. The number of benzene rings is 2. The molecule has 1 atom stereocenters. The number of H-pyrrole nitrogens is 1. The third kappa shape index (κ3) is 5.25. The lowest BCUT2D eigenvalue weighted by Crippen LogP contribution is -2.30. The van der Waals surface area contributed by atoms with Crippen molar-refractivity contribution >= 4 is 11.0 Å². The smallest absolute Gasteiger partial charge is 0.129 e. The minimum atomic E-state index is 0.0202. The summed E-state index contributed by atoms with van der Waals surface area (Å²) in [4.78, 5) is 10.8. The van der Waals surface area contributed by atoms with Crippen LogP contribution in [-0.2, 0) is 0 Å². The first-order chi connectivity index (χ1) is 15.1. The van der Waals surface area contributed by atoms with E-state index in [0.717, 1.165) is 52.6 Å². The first kappa shape index (κ1) is 22.4. The molecular weight excluding hydrogens is 386 g/mol. The average Bonchev–Trinajstić information content (AvgIpc) is 3.23. The third-order valence-electron chi connectivity index (χ3n) is 5.34. The molecular formula is C26H31N3O2. The molecule has 0 aliphatic carbocycles. The van der Waals surface area contributed by atoms with Gasteiger partial charge in [0.25, 0.3) is 0 Å². The van der Waals surface area contributed by atoms with Gasteiger partial charge in [-0.1, -0.05) is 57.4 Å². The summed E-state index contributed by atoms with van der Waals surface area (Å²) < 4.78 is 11.3. The number of imidazole rings is 1. The van der Waals surface area contributed by atoms with E-state index in [1.54, 1.807) is 19.3 Å². The molecule has 0 bridgehead atoms. The second kappa shape index (κ2) is 10.6. The molecule has 0 saturated carbocycles. The van der Waals surface area contributed by atoms with Crippen molar-refractivity contribution in [2.24, 2.45) is 0 Å². The van der Waals surface area contributed by atoms with E-state index in [2.05, 4.69) is 49.0 Å². The van der Waals surface area contributed by atoms with Gasteiger partial charge in [0.1, 0.15) is 23.9 Å². The molecule has 1 N–H and O–H groups in total. The number of hydrogen-bond acceptors (Lipinski definition) is 4. The maximum Gasteiger partial charge on any atom is 0.129 e. The number of allylic oxidation sites excluding steroid dienone is 2. The van der Waals surface area contributed by atoms with E-state index in [9.17, 15) is 0 Å². The van der Waals surface area contributed by atoms with Gasteiger partial charge in [-0.15, -0.1) is 0 Å². The zero-order valence-electron chi connectivity index (χ0n) is 18.6. The van der Waals surface area contributed by atoms with Crippen molar-refractivity contribution in [1.29, 1.82) is 0 Å². The number of nitrogens with zero attached hydrogens (tertiary/aromatic N) is 2. The van der Waals surface area contributed by atoms with Gasteiger partial charge in [-0.3, -0.25) is 4.90 Å². The van der Waals surface area contributed by atoms with Crippen LogP contribution < -0.4 is 9.47 Å². The minimum absolute atomic E-state index is 0.0202. The Morgan fingerprint density at radius 2 is 1.81 bits per heavy atom. The molecule has 162 valence electrons. The number of fused-ring (bicyclic) bond motifs is 1. The van der Waals surface area contributed by atoms with Crippen LogP contribution in [0.15, 0.2) is 79.4 Å². The Balaban J connectivity index is 1.90. The second-order valence-electron chi connectivity index (χ2n) is 7.17. The van der Waals surface area contributed by atoms with Crippen molar-refractivity contribution in [2.45, 2.75) is 19.9 Å². The van der Waals surface area contributed by atoms with E-state index >= 15 is 0 Å². The Labute approximate surface area is 184 Å². The number of methoxy groups -OCH3 is 1. The van der Waals surface area contributed by atoms with Crippen LogP contribution in [0.3, 0.4) is 0 Å². The molecule has 0 aliphatic heterocycles. The number of aromatic nitrogens is 2. The lowest BCUT2D eigenvalue weighted by Gasteiger charge is -2.28. The van der Waals surface area contributed by atoms with E-state index in [4.69, 9.17) is 14.5 Å². The summed E-state index contributed by atoms with van der Waals surface area (Å²) in [5.41, 5.74) is 4.04. The molecule has 5 heteroatoms. The number of nitrogens with one attached hydrogen (secondary N) is 1. The van der Waals surface area contributed by atoms with Gasteiger partial charge in [0.2, 0.25) is 0 Å². The summed E-state index contributed by atoms with van der Waals surface area (Å²) in [6.45, 7) is 14.2. The van der Waals surface area contributed by atoms with Crippen molar-refractivity contribution in [3.63, 3.8) is 0 Å². The van der Waals surface area contributed by atoms with Crippen molar-refractivity contribution in [1.82, 2.24) is 14.9 Å². The molecule has 3 aromatic rings. The van der Waals surface area contributed by atoms with Crippen molar-refractivity contribution < 1.29 is 9.47 Å². The topological polar surface area (TPSA) is 50.4 Å². The van der Waals surface area contributed by atoms with Gasteiger partial charge in [0.05, 0.1) is 24.2 Å². The van der Waals surface area contributed by atoms with Crippen molar-refractivity contribution in [3.05, 3.63) is 90.8 Å². The lowest BCUT2D eigenvalue weighted by molar-refractivity contribution is 0.243. The van der Waals surface area contributed by atoms with E-state index < -0.39 is 0 Å². The SMILES string of the molecule is C=C/C=C(\C=C)COc1ccc(C(c2nc3ccc(OC)cc3[nH]2)N(CC)CC)cc1. The van der Waals surface area contributed by atoms with Crippen LogP contribution >= 0.6 is 0 Å². The van der Waals surface area contributed by atoms with E-state index in [-0.39, 0.29) is 6.04 Å². The highest BCUT2D eigenvalue weighted by molar-refractivity contribution is 5.77. The van der Waals surface area contributed by atoms with Crippen LogP contribution in [0.5, 0.6) is 11.5 Å². The molecule has 0 saturated heterocycles. The fourth-order valence-corrected chi connectivity index (χ4v) is 3.63. The Hall–Kier alpha value is -3.31. The molecule has 0 amide bonds. The Morgan fingerprint density at radius 1 is 1.10 bits per heavy atom. The second-order valence-corrected chi connectivity index (χ2v) is 7.17. The van der Waals surface area contributed by atoms with Gasteiger partial charge >= 0.3 is 0 Å². The summed E-state index contributed by atoms with van der Waals surface area (Å²) in [7, 11) is 1.67. The molecule has 31 heavy (non-hydrogen) atoms. The standard InChI is InChI=1S/C26H31N3O2/c1-6-10-19(7-2)18-31-21-13-11-20(12-14-21)25(29(8-3)9-4)26-27-23-16-15-22(30-5)17-24(23)28-26/h6-7,10-17,25H,1-2,8-9,18H2,3-5H3,(H,27,28)/b19-10+. The van der Waals surface area contributed by atoms with Gasteiger partial charge in [-0.25, -0.2) is 4.98 Å². The molecule has 2 aromatic carbocycles. The number of aromatic amines is 1. The summed E-state index contributed by atoms with van der Waals surface area (Å²) in [6.07, 6.45) is 5.42. The van der Waals surface area contributed by atoms with Crippen molar-refractivity contribution in [2.75, 3.05) is 26.8 Å². The lowest BCUT2D eigenvalue weighted by atomic mass is 10.0. The molecule has 0 fully saturated rings. The first-order valence-corrected chi connectivity index (χ1v) is 10.6. The maximum absolute atomic E-state index is 5.90. The molecule has 1 aromatic heterocycles. The van der Waals surface area contributed by atoms with E-state index in [0.29, 0.717) is 6.61 Å². The van der Waals surface area contributed by atoms with E-state index in [1.807, 2.05) is 36.4 Å². The number of ether oxygens (including phenoxy) is 2. The highest BCUT2D eigenvalue weighted by Gasteiger charge is 2.23. The number of rotatable bonds is 11. The quantitative estimate of drug-likeness (QED) is 0.408. The van der Waals surface area contributed by atoms with Gasteiger partial charge in [-0.05, 0) is 48.5 Å². The zero-order chi connectivity index (χ0) is 22.2. The highest BCUT2D eigenvalue weighted by atomic mass is 16.5. The fourth-order valence-electron chi connectivity index (χ4n) is 3.63. The van der Waals surface area contributed by atoms with Crippen LogP contribution in [-0.4, -0.2) is 41.7 Å². The summed E-state index contributed by atoms with van der Waals surface area (Å²) in [5.74, 6) is 2.55. The van der Waals surface area contributed by atoms with Crippen LogP contribution in [0.1, 0.15) is 31.3 Å². The van der Waals surface area contributed by atoms with Crippen LogP contribution in [0, 0.1) is 0 Å². The maximum atomic E-state index is 5.90. The fraction of sp³-hybridized carbons (Fsp3) is 0.269. The van der Waals surface area contributed by atoms with Gasteiger partial charge in [-0.2, -0.15) is 0 Å². The predicted molar refractivity (Wildman–Crippen MR) is 128 cm³/mol. The van der Waals surface area contributed by atoms with Crippen molar-refractivity contribution in [3.8, 4) is 11.5 Å². The summed E-state index contributed by atoms with van der Waals surface area (Å²) >= 11 is 0. The van der Waals surface area contributed by atoms with Crippen LogP contribution in [0.2, 0.25) is 0 Å². The van der Waals surface area contributed by atoms with E-state index in [1.165, 1.54) is 0 Å². The first-order valence-electron chi connectivity index (χ1n) is 10.6. The summed E-state index contributed by atoms with van der Waals surface area (Å²) in [6, 6.07) is 14.1. The monoisotopic (exact) mass is 417 g/mol. The van der Waals surface area contributed by atoms with Crippen LogP contribution in [0.25, 0.3) is 11.0 Å². The molecule has 1 heterocycles. The highest BCUT2D eigenvalue weighted by Crippen LogP contribution is 2.30. The largest absolute Gasteiger partial charge is 0.497 e. The third-order valence-corrected chi connectivity index (χ3v) is 5.34. The van der Waals surface area contributed by atoms with Gasteiger partial charge in [0, 0.05) is 6.07 Å². The molecule has 0 aliphatic rings. The van der Waals surface area contributed by atoms with Gasteiger partial charge < -0.3 is 14.5 Å². The zero-order valence-corrected chi connectivity index (χ0v) is 18.6.